The van der Waals surface area contributed by atoms with Crippen LogP contribution in [-0.2, 0) is 10.0 Å². The molecule has 0 radical (unpaired) electrons. The maximum atomic E-state index is 13.0. The van der Waals surface area contributed by atoms with Gasteiger partial charge in [0.1, 0.15) is 11.0 Å². The van der Waals surface area contributed by atoms with Gasteiger partial charge < -0.3 is 0 Å². The lowest BCUT2D eigenvalue weighted by Gasteiger charge is -2.30. The van der Waals surface area contributed by atoms with Crippen molar-refractivity contribution in [2.45, 2.75) is 18.2 Å². The van der Waals surface area contributed by atoms with Gasteiger partial charge in [-0.05, 0) is 31.2 Å². The van der Waals surface area contributed by atoms with E-state index in [4.69, 9.17) is 5.26 Å². The highest BCUT2D eigenvalue weighted by Gasteiger charge is 2.33. The average Bonchev–Trinajstić information content (AvgIpc) is 2.55. The molecule has 6 heteroatoms. The van der Waals surface area contributed by atoms with Gasteiger partial charge in [-0.2, -0.15) is 5.26 Å². The minimum atomic E-state index is -3.90. The number of carbonyl (C=O) groups is 1. The third kappa shape index (κ3) is 2.49. The molecule has 1 heterocycles. The second-order valence-corrected chi connectivity index (χ2v) is 7.21. The van der Waals surface area contributed by atoms with Gasteiger partial charge in [0.15, 0.2) is 5.78 Å². The van der Waals surface area contributed by atoms with Gasteiger partial charge in [-0.15, -0.1) is 0 Å². The lowest BCUT2D eigenvalue weighted by atomic mass is 10.0. The minimum Gasteiger partial charge on any atom is -0.294 e. The Morgan fingerprint density at radius 1 is 1.17 bits per heavy atom. The molecule has 0 spiro atoms. The van der Waals surface area contributed by atoms with Gasteiger partial charge in [0, 0.05) is 18.5 Å². The van der Waals surface area contributed by atoms with Crippen LogP contribution in [0.3, 0.4) is 0 Å². The highest BCUT2D eigenvalue weighted by atomic mass is 32.2. The Kier molecular flexibility index (Phi) is 3.66. The van der Waals surface area contributed by atoms with E-state index in [1.54, 1.807) is 30.3 Å². The summed E-state index contributed by atoms with van der Waals surface area (Å²) in [6, 6.07) is 13.1. The van der Waals surface area contributed by atoms with Crippen LogP contribution in [0.25, 0.3) is 0 Å². The average molecular weight is 326 g/mol. The first-order chi connectivity index (χ1) is 10.9. The fourth-order valence-corrected chi connectivity index (χ4v) is 4.33. The van der Waals surface area contributed by atoms with Gasteiger partial charge in [0.25, 0.3) is 10.0 Å². The van der Waals surface area contributed by atoms with Crippen LogP contribution in [0.5, 0.6) is 0 Å². The highest BCUT2D eigenvalue weighted by Crippen LogP contribution is 2.33. The number of sulfonamides is 1. The van der Waals surface area contributed by atoms with Gasteiger partial charge in [-0.1, -0.05) is 23.8 Å². The summed E-state index contributed by atoms with van der Waals surface area (Å²) in [6.07, 6.45) is 0.129. The Morgan fingerprint density at radius 2 is 1.91 bits per heavy atom. The van der Waals surface area contributed by atoms with Crippen molar-refractivity contribution in [1.82, 2.24) is 0 Å². The number of nitrogens with zero attached hydrogens (tertiary/aromatic N) is 2. The molecule has 0 N–H and O–H groups in total. The van der Waals surface area contributed by atoms with Crippen LogP contribution in [0.1, 0.15) is 27.9 Å². The summed E-state index contributed by atoms with van der Waals surface area (Å²) in [5, 5.41) is 9.17. The molecule has 23 heavy (non-hydrogen) atoms. The largest absolute Gasteiger partial charge is 0.294 e. The Bertz CT molecular complexity index is 943. The number of Topliss-reactive ketones (excluding diaryl/α,β-unsaturated/α-hetero) is 1. The SMILES string of the molecule is Cc1ccc2c(c1)C(=O)CCN2S(=O)(=O)c1ccccc1C#N. The molecule has 1 aliphatic heterocycles. The van der Waals surface area contributed by atoms with E-state index < -0.39 is 10.0 Å². The molecule has 116 valence electrons. The zero-order valence-corrected chi connectivity index (χ0v) is 13.3. The van der Waals surface area contributed by atoms with E-state index in [2.05, 4.69) is 0 Å². The van der Waals surface area contributed by atoms with E-state index in [1.165, 1.54) is 16.4 Å². The van der Waals surface area contributed by atoms with E-state index in [0.717, 1.165) is 5.56 Å². The molecular formula is C17H14N2O3S. The molecule has 0 atom stereocenters. The maximum Gasteiger partial charge on any atom is 0.265 e. The molecule has 0 saturated carbocycles. The first-order valence-electron chi connectivity index (χ1n) is 7.11. The molecule has 2 aromatic carbocycles. The number of benzene rings is 2. The highest BCUT2D eigenvalue weighted by molar-refractivity contribution is 7.93. The van der Waals surface area contributed by atoms with E-state index >= 15 is 0 Å². The van der Waals surface area contributed by atoms with Crippen LogP contribution in [0, 0.1) is 18.3 Å². The number of rotatable bonds is 2. The molecule has 0 fully saturated rings. The molecule has 1 aliphatic rings. The molecule has 2 aromatic rings. The minimum absolute atomic E-state index is 0.0385. The van der Waals surface area contributed by atoms with E-state index in [-0.39, 0.29) is 29.2 Å². The second kappa shape index (κ2) is 5.52. The summed E-state index contributed by atoms with van der Waals surface area (Å²) in [5.74, 6) is -0.0660. The third-order valence-corrected chi connectivity index (χ3v) is 5.71. The number of nitriles is 1. The summed E-state index contributed by atoms with van der Waals surface area (Å²) in [4.78, 5) is 12.1. The number of fused-ring (bicyclic) bond motifs is 1. The van der Waals surface area contributed by atoms with Crippen molar-refractivity contribution in [3.05, 3.63) is 59.2 Å². The summed E-state index contributed by atoms with van der Waals surface area (Å²) in [5.41, 5.74) is 1.78. The number of anilines is 1. The van der Waals surface area contributed by atoms with Crippen LogP contribution >= 0.6 is 0 Å². The third-order valence-electron chi connectivity index (χ3n) is 3.84. The number of hydrogen-bond donors (Lipinski definition) is 0. The standard InChI is InChI=1S/C17H14N2O3S/c1-12-6-7-15-14(10-12)16(20)8-9-19(15)23(21,22)17-5-3-2-4-13(17)11-18/h2-7,10H,8-9H2,1H3. The smallest absolute Gasteiger partial charge is 0.265 e. The molecule has 0 aromatic heterocycles. The van der Waals surface area contributed by atoms with Crippen molar-refractivity contribution >= 4 is 21.5 Å². The summed E-state index contributed by atoms with van der Waals surface area (Å²) in [6.45, 7) is 1.93. The van der Waals surface area contributed by atoms with Crippen molar-refractivity contribution in [1.29, 1.82) is 5.26 Å². The van der Waals surface area contributed by atoms with Crippen LogP contribution < -0.4 is 4.31 Å². The molecule has 0 saturated heterocycles. The maximum absolute atomic E-state index is 13.0. The number of aryl methyl sites for hydroxylation is 1. The van der Waals surface area contributed by atoms with Crippen LogP contribution in [0.4, 0.5) is 5.69 Å². The summed E-state index contributed by atoms with van der Waals surface area (Å²) < 4.78 is 27.2. The van der Waals surface area contributed by atoms with Crippen LogP contribution in [0.15, 0.2) is 47.4 Å². The molecule has 5 nitrogen and oxygen atoms in total. The zero-order valence-electron chi connectivity index (χ0n) is 12.5. The van der Waals surface area contributed by atoms with Crippen LogP contribution in [-0.4, -0.2) is 20.7 Å². The molecule has 0 amide bonds. The van der Waals surface area contributed by atoms with Crippen molar-refractivity contribution in [2.75, 3.05) is 10.8 Å². The molecule has 0 bridgehead atoms. The first kappa shape index (κ1) is 15.3. The Labute approximate surface area is 134 Å². The van der Waals surface area contributed by atoms with Gasteiger partial charge in [-0.3, -0.25) is 9.10 Å². The number of carbonyl (C=O) groups excluding carboxylic acids is 1. The van der Waals surface area contributed by atoms with Crippen LogP contribution in [0.2, 0.25) is 0 Å². The van der Waals surface area contributed by atoms with Gasteiger partial charge in [0.2, 0.25) is 0 Å². The topological polar surface area (TPSA) is 78.2 Å². The fourth-order valence-electron chi connectivity index (χ4n) is 2.70. The number of ketones is 1. The van der Waals surface area contributed by atoms with E-state index in [0.29, 0.717) is 11.3 Å². The van der Waals surface area contributed by atoms with Crippen molar-refractivity contribution in [2.24, 2.45) is 0 Å². The summed E-state index contributed by atoms with van der Waals surface area (Å²) in [7, 11) is -3.90. The summed E-state index contributed by atoms with van der Waals surface area (Å²) >= 11 is 0. The predicted molar refractivity (Wildman–Crippen MR) is 85.8 cm³/mol. The van der Waals surface area contributed by atoms with Crippen molar-refractivity contribution in [3.63, 3.8) is 0 Å². The lowest BCUT2D eigenvalue weighted by molar-refractivity contribution is 0.0982. The lowest BCUT2D eigenvalue weighted by Crippen LogP contribution is -2.37. The van der Waals surface area contributed by atoms with E-state index in [1.807, 2.05) is 13.0 Å². The van der Waals surface area contributed by atoms with Gasteiger partial charge >= 0.3 is 0 Å². The Hall–Kier alpha value is -2.65. The molecule has 0 unspecified atom stereocenters. The Morgan fingerprint density at radius 3 is 2.65 bits per heavy atom. The number of hydrogen-bond acceptors (Lipinski definition) is 4. The monoisotopic (exact) mass is 326 g/mol. The zero-order chi connectivity index (χ0) is 16.6. The van der Waals surface area contributed by atoms with Gasteiger partial charge in [0.05, 0.1) is 11.3 Å². The van der Waals surface area contributed by atoms with E-state index in [9.17, 15) is 13.2 Å². The normalized spacial score (nSPS) is 14.3. The quantitative estimate of drug-likeness (QED) is 0.850. The molecular weight excluding hydrogens is 312 g/mol. The second-order valence-electron chi connectivity index (χ2n) is 5.38. The molecule has 0 aliphatic carbocycles. The molecule has 3 rings (SSSR count). The van der Waals surface area contributed by atoms with Crippen molar-refractivity contribution in [3.8, 4) is 6.07 Å². The van der Waals surface area contributed by atoms with Crippen molar-refractivity contribution < 1.29 is 13.2 Å². The fraction of sp³-hybridized carbons (Fsp3) is 0.176. The van der Waals surface area contributed by atoms with Gasteiger partial charge in [-0.25, -0.2) is 8.42 Å². The Balaban J connectivity index is 2.18. The first-order valence-corrected chi connectivity index (χ1v) is 8.55. The predicted octanol–water partition coefficient (Wildman–Crippen LogP) is 2.65.